The van der Waals surface area contributed by atoms with Crippen molar-refractivity contribution >= 4 is 39.1 Å². The summed E-state index contributed by atoms with van der Waals surface area (Å²) in [5.41, 5.74) is 2.75. The van der Waals surface area contributed by atoms with Crippen LogP contribution in [-0.2, 0) is 17.9 Å². The van der Waals surface area contributed by atoms with Gasteiger partial charge >= 0.3 is 5.69 Å². The van der Waals surface area contributed by atoms with Crippen molar-refractivity contribution in [2.45, 2.75) is 20.0 Å². The lowest BCUT2D eigenvalue weighted by molar-refractivity contribution is -0.117. The third kappa shape index (κ3) is 4.78. The highest BCUT2D eigenvalue weighted by Gasteiger charge is 2.14. The van der Waals surface area contributed by atoms with Gasteiger partial charge in [0.05, 0.1) is 5.56 Å². The van der Waals surface area contributed by atoms with Crippen LogP contribution in [0.25, 0.3) is 5.65 Å². The first-order valence-electron chi connectivity index (χ1n) is 9.88. The van der Waals surface area contributed by atoms with E-state index in [1.165, 1.54) is 10.6 Å². The fourth-order valence-electron chi connectivity index (χ4n) is 3.19. The van der Waals surface area contributed by atoms with Gasteiger partial charge in [0.2, 0.25) is 5.91 Å². The molecule has 2 aromatic carbocycles. The summed E-state index contributed by atoms with van der Waals surface area (Å²) in [7, 11) is 0. The predicted molar refractivity (Wildman–Crippen MR) is 125 cm³/mol. The van der Waals surface area contributed by atoms with Gasteiger partial charge in [0.25, 0.3) is 5.91 Å². The number of nitrogens with zero attached hydrogens (tertiary/aromatic N) is 3. The lowest BCUT2D eigenvalue weighted by Gasteiger charge is -2.06. The van der Waals surface area contributed by atoms with Crippen molar-refractivity contribution in [3.05, 3.63) is 98.5 Å². The molecule has 0 atom stereocenters. The summed E-state index contributed by atoms with van der Waals surface area (Å²) in [6.07, 6.45) is 1.43. The number of hydrogen-bond donors (Lipinski definition) is 2. The third-order valence-corrected chi connectivity index (χ3v) is 5.76. The highest BCUT2D eigenvalue weighted by atomic mass is 79.9. The fraction of sp³-hybridized carbons (Fsp3) is 0.130. The van der Waals surface area contributed by atoms with E-state index in [0.29, 0.717) is 23.4 Å². The molecule has 0 fully saturated rings. The number of pyridine rings is 1. The molecule has 32 heavy (non-hydrogen) atoms. The number of carbonyl (C=O) groups excluding carboxylic acids is 2. The molecule has 0 aliphatic rings. The molecule has 162 valence electrons. The molecule has 2 N–H and O–H groups in total. The second-order valence-corrected chi connectivity index (χ2v) is 8.12. The Hall–Kier alpha value is -3.72. The molecule has 4 rings (SSSR count). The van der Waals surface area contributed by atoms with Crippen LogP contribution in [0.1, 0.15) is 21.5 Å². The van der Waals surface area contributed by atoms with Gasteiger partial charge in [-0.2, -0.15) is 0 Å². The lowest BCUT2D eigenvalue weighted by Crippen LogP contribution is -2.28. The maximum Gasteiger partial charge on any atom is 0.350 e. The number of benzene rings is 2. The number of halogens is 1. The Kier molecular flexibility index (Phi) is 6.18. The smallest absolute Gasteiger partial charge is 0.348 e. The van der Waals surface area contributed by atoms with E-state index in [4.69, 9.17) is 0 Å². The van der Waals surface area contributed by atoms with Crippen LogP contribution in [0.2, 0.25) is 0 Å². The van der Waals surface area contributed by atoms with Crippen LogP contribution in [-0.4, -0.2) is 26.0 Å². The van der Waals surface area contributed by atoms with Crippen LogP contribution in [0.3, 0.4) is 0 Å². The van der Waals surface area contributed by atoms with Crippen LogP contribution in [0.5, 0.6) is 0 Å². The minimum atomic E-state index is -0.500. The first-order chi connectivity index (χ1) is 15.4. The summed E-state index contributed by atoms with van der Waals surface area (Å²) in [5.74, 6) is -0.684. The van der Waals surface area contributed by atoms with E-state index < -0.39 is 5.69 Å². The number of rotatable bonds is 6. The average molecular weight is 494 g/mol. The van der Waals surface area contributed by atoms with Crippen molar-refractivity contribution in [3.63, 3.8) is 0 Å². The minimum absolute atomic E-state index is 0.245. The van der Waals surface area contributed by atoms with Crippen LogP contribution in [0.4, 0.5) is 5.69 Å². The molecule has 0 spiro atoms. The number of aromatic nitrogens is 3. The minimum Gasteiger partial charge on any atom is -0.348 e. The van der Waals surface area contributed by atoms with E-state index in [2.05, 4.69) is 31.7 Å². The molecule has 0 aliphatic heterocycles. The summed E-state index contributed by atoms with van der Waals surface area (Å²) in [6, 6.07) is 18.1. The average Bonchev–Trinajstić information content (AvgIpc) is 3.10. The Bertz CT molecular complexity index is 1360. The van der Waals surface area contributed by atoms with Crippen molar-refractivity contribution in [2.24, 2.45) is 0 Å². The number of carbonyl (C=O) groups is 2. The molecule has 0 bridgehead atoms. The maximum atomic E-state index is 12.7. The Labute approximate surface area is 192 Å². The Balaban J connectivity index is 1.47. The van der Waals surface area contributed by atoms with Gasteiger partial charge in [-0.3, -0.25) is 9.59 Å². The number of amides is 2. The molecule has 0 unspecified atom stereocenters. The van der Waals surface area contributed by atoms with Crippen LogP contribution >= 0.6 is 15.9 Å². The second kappa shape index (κ2) is 9.19. The van der Waals surface area contributed by atoms with E-state index in [1.807, 2.05) is 49.4 Å². The third-order valence-electron chi connectivity index (χ3n) is 4.87. The summed E-state index contributed by atoms with van der Waals surface area (Å²) in [4.78, 5) is 37.6. The summed E-state index contributed by atoms with van der Waals surface area (Å²) >= 11 is 3.42. The molecule has 4 aromatic rings. The summed E-state index contributed by atoms with van der Waals surface area (Å²) < 4.78 is 3.27. The quantitative estimate of drug-likeness (QED) is 0.431. The fourth-order valence-corrected chi connectivity index (χ4v) is 3.44. The van der Waals surface area contributed by atoms with Crippen molar-refractivity contribution in [3.8, 4) is 0 Å². The number of nitrogens with one attached hydrogen (secondary N) is 2. The SMILES string of the molecule is Cc1cc(NC(=O)Cn2nc3ccc(C(=O)NCc4ccccc4)cn3c2=O)ccc1Br. The topological polar surface area (TPSA) is 97.5 Å². The normalized spacial score (nSPS) is 10.8. The zero-order chi connectivity index (χ0) is 22.7. The highest BCUT2D eigenvalue weighted by molar-refractivity contribution is 9.10. The molecule has 9 heteroatoms. The molecule has 2 aromatic heterocycles. The van der Waals surface area contributed by atoms with E-state index in [0.717, 1.165) is 20.3 Å². The van der Waals surface area contributed by atoms with E-state index in [1.54, 1.807) is 18.2 Å². The number of fused-ring (bicyclic) bond motifs is 1. The van der Waals surface area contributed by atoms with Crippen LogP contribution < -0.4 is 16.3 Å². The van der Waals surface area contributed by atoms with Crippen molar-refractivity contribution in [2.75, 3.05) is 5.32 Å². The summed E-state index contributed by atoms with van der Waals surface area (Å²) in [5, 5.41) is 9.77. The monoisotopic (exact) mass is 493 g/mol. The first-order valence-corrected chi connectivity index (χ1v) is 10.7. The van der Waals surface area contributed by atoms with Crippen LogP contribution in [0.15, 0.2) is 76.1 Å². The molecule has 0 saturated heterocycles. The number of aryl methyl sites for hydroxylation is 1. The van der Waals surface area contributed by atoms with Crippen molar-refractivity contribution in [1.82, 2.24) is 19.5 Å². The van der Waals surface area contributed by atoms with Gasteiger partial charge in [-0.25, -0.2) is 13.9 Å². The van der Waals surface area contributed by atoms with Gasteiger partial charge in [0.1, 0.15) is 6.54 Å². The molecule has 0 saturated carbocycles. The summed E-state index contributed by atoms with van der Waals surface area (Å²) in [6.45, 7) is 2.05. The standard InChI is InChI=1S/C23H20BrN5O3/c1-15-11-18(8-9-19(15)24)26-21(30)14-29-23(32)28-13-17(7-10-20(28)27-29)22(31)25-12-16-5-3-2-4-6-16/h2-11,13H,12,14H2,1H3,(H,25,31)(H,26,30). The van der Waals surface area contributed by atoms with Gasteiger partial charge < -0.3 is 10.6 Å². The highest BCUT2D eigenvalue weighted by Crippen LogP contribution is 2.20. The maximum absolute atomic E-state index is 12.7. The Morgan fingerprint density at radius 3 is 2.59 bits per heavy atom. The molecular formula is C23H20BrN5O3. The van der Waals surface area contributed by atoms with Gasteiger partial charge in [-0.1, -0.05) is 46.3 Å². The van der Waals surface area contributed by atoms with Crippen molar-refractivity contribution < 1.29 is 9.59 Å². The molecular weight excluding hydrogens is 474 g/mol. The first kappa shape index (κ1) is 21.5. The molecule has 2 heterocycles. The van der Waals surface area contributed by atoms with Crippen molar-refractivity contribution in [1.29, 1.82) is 0 Å². The lowest BCUT2D eigenvalue weighted by atomic mass is 10.2. The number of anilines is 1. The number of hydrogen-bond acceptors (Lipinski definition) is 4. The van der Waals surface area contributed by atoms with Crippen LogP contribution in [0, 0.1) is 6.92 Å². The molecule has 8 nitrogen and oxygen atoms in total. The Morgan fingerprint density at radius 1 is 1.06 bits per heavy atom. The molecule has 0 radical (unpaired) electrons. The van der Waals surface area contributed by atoms with E-state index in [9.17, 15) is 14.4 Å². The molecule has 2 amide bonds. The zero-order valence-corrected chi connectivity index (χ0v) is 18.8. The van der Waals surface area contributed by atoms with E-state index in [-0.39, 0.29) is 18.4 Å². The van der Waals surface area contributed by atoms with Gasteiger partial charge in [-0.05, 0) is 48.4 Å². The Morgan fingerprint density at radius 2 is 1.84 bits per heavy atom. The van der Waals surface area contributed by atoms with Gasteiger partial charge in [0.15, 0.2) is 5.65 Å². The van der Waals surface area contributed by atoms with Gasteiger partial charge in [-0.15, -0.1) is 5.10 Å². The molecule has 0 aliphatic carbocycles. The predicted octanol–water partition coefficient (Wildman–Crippen LogP) is 3.14. The van der Waals surface area contributed by atoms with Gasteiger partial charge in [0, 0.05) is 22.9 Å². The largest absolute Gasteiger partial charge is 0.350 e. The van der Waals surface area contributed by atoms with E-state index >= 15 is 0 Å². The second-order valence-electron chi connectivity index (χ2n) is 7.27. The zero-order valence-electron chi connectivity index (χ0n) is 17.2.